The second-order valence-corrected chi connectivity index (χ2v) is 7.68. The minimum Gasteiger partial charge on any atom is -0.261 e. The molecular formula is C10H6Br2ClN3O2S2. The first-order valence-electron chi connectivity index (χ1n) is 4.99. The number of aromatic nitrogens is 2. The van der Waals surface area contributed by atoms with Crippen molar-refractivity contribution in [2.75, 3.05) is 4.72 Å². The van der Waals surface area contributed by atoms with E-state index in [1.54, 1.807) is 6.07 Å². The van der Waals surface area contributed by atoms with Gasteiger partial charge in [0.1, 0.15) is 9.50 Å². The summed E-state index contributed by atoms with van der Waals surface area (Å²) >= 11 is 16.2. The average molecular weight is 460 g/mol. The van der Waals surface area contributed by atoms with E-state index in [9.17, 15) is 8.42 Å². The van der Waals surface area contributed by atoms with E-state index in [0.29, 0.717) is 9.63 Å². The van der Waals surface area contributed by atoms with Crippen molar-refractivity contribution in [3.8, 4) is 0 Å². The van der Waals surface area contributed by atoms with Crippen LogP contribution in [0.3, 0.4) is 0 Å². The molecule has 1 aromatic carbocycles. The summed E-state index contributed by atoms with van der Waals surface area (Å²) in [6, 6.07) is 4.37. The van der Waals surface area contributed by atoms with Crippen LogP contribution in [0.2, 0.25) is 5.02 Å². The van der Waals surface area contributed by atoms with E-state index in [1.807, 2.05) is 0 Å². The number of anilines is 1. The van der Waals surface area contributed by atoms with E-state index in [2.05, 4.69) is 59.2 Å². The lowest BCUT2D eigenvalue weighted by molar-refractivity contribution is 0.599. The van der Waals surface area contributed by atoms with Crippen molar-refractivity contribution in [2.24, 2.45) is 0 Å². The van der Waals surface area contributed by atoms with Gasteiger partial charge in [0.25, 0.3) is 10.0 Å². The Morgan fingerprint density at radius 3 is 2.65 bits per heavy atom. The normalized spacial score (nSPS) is 11.4. The first-order chi connectivity index (χ1) is 9.29. The highest BCUT2D eigenvalue weighted by Gasteiger charge is 2.20. The monoisotopic (exact) mass is 457 g/mol. The summed E-state index contributed by atoms with van der Waals surface area (Å²) in [5, 5.41) is 0.295. The molecule has 1 aromatic heterocycles. The van der Waals surface area contributed by atoms with Gasteiger partial charge < -0.3 is 0 Å². The first kappa shape index (κ1) is 16.0. The molecule has 0 aliphatic carbocycles. The molecule has 0 fully saturated rings. The fourth-order valence-electron chi connectivity index (χ4n) is 1.30. The molecule has 0 radical (unpaired) electrons. The van der Waals surface area contributed by atoms with Crippen LogP contribution in [0, 0.1) is 0 Å². The van der Waals surface area contributed by atoms with Crippen molar-refractivity contribution in [3.05, 3.63) is 38.6 Å². The Bertz CT molecular complexity index is 771. The van der Waals surface area contributed by atoms with Gasteiger partial charge in [-0.2, -0.15) is 0 Å². The maximum absolute atomic E-state index is 12.3. The topological polar surface area (TPSA) is 72.0 Å². The Labute approximate surface area is 142 Å². The Kier molecular flexibility index (Phi) is 4.96. The molecule has 0 saturated heterocycles. The van der Waals surface area contributed by atoms with Gasteiger partial charge in [0.05, 0.1) is 6.20 Å². The molecule has 106 valence electrons. The molecule has 0 saturated carbocycles. The average Bonchev–Trinajstić information content (AvgIpc) is 2.35. The predicted octanol–water partition coefficient (Wildman–Crippen LogP) is 3.74. The van der Waals surface area contributed by atoms with Crippen LogP contribution in [0.5, 0.6) is 0 Å². The molecule has 10 heteroatoms. The number of hydrogen-bond donors (Lipinski definition) is 2. The Morgan fingerprint density at radius 1 is 1.30 bits per heavy atom. The van der Waals surface area contributed by atoms with Crippen molar-refractivity contribution in [3.63, 3.8) is 0 Å². The number of benzene rings is 1. The van der Waals surface area contributed by atoms with Crippen LogP contribution in [-0.4, -0.2) is 18.4 Å². The largest absolute Gasteiger partial charge is 0.264 e. The van der Waals surface area contributed by atoms with Crippen LogP contribution in [0.4, 0.5) is 5.82 Å². The molecule has 1 heterocycles. The quantitative estimate of drug-likeness (QED) is 0.686. The zero-order valence-electron chi connectivity index (χ0n) is 9.51. The third kappa shape index (κ3) is 3.64. The van der Waals surface area contributed by atoms with Crippen molar-refractivity contribution in [2.45, 2.75) is 9.79 Å². The maximum atomic E-state index is 12.3. The lowest BCUT2D eigenvalue weighted by Gasteiger charge is -2.10. The summed E-state index contributed by atoms with van der Waals surface area (Å²) in [4.78, 5) is 8.17. The van der Waals surface area contributed by atoms with Crippen LogP contribution in [0.15, 0.2) is 43.4 Å². The van der Waals surface area contributed by atoms with Crippen molar-refractivity contribution < 1.29 is 8.42 Å². The highest BCUT2D eigenvalue weighted by molar-refractivity contribution is 9.11. The van der Waals surface area contributed by atoms with Gasteiger partial charge >= 0.3 is 0 Å². The number of thiol groups is 1. The number of nitrogens with zero attached hydrogens (tertiary/aromatic N) is 2. The van der Waals surface area contributed by atoms with Crippen molar-refractivity contribution >= 4 is 71.9 Å². The molecule has 5 nitrogen and oxygen atoms in total. The molecule has 0 unspecified atom stereocenters. The molecule has 1 N–H and O–H groups in total. The first-order valence-corrected chi connectivity index (χ1v) is 8.88. The molecule has 0 aliphatic rings. The van der Waals surface area contributed by atoms with E-state index in [-0.39, 0.29) is 20.2 Å². The highest BCUT2D eigenvalue weighted by atomic mass is 79.9. The highest BCUT2D eigenvalue weighted by Crippen LogP contribution is 2.27. The molecule has 0 spiro atoms. The second kappa shape index (κ2) is 6.18. The van der Waals surface area contributed by atoms with Crippen LogP contribution in [0.1, 0.15) is 0 Å². The van der Waals surface area contributed by atoms with Gasteiger partial charge in [-0.25, -0.2) is 18.4 Å². The van der Waals surface area contributed by atoms with Crippen molar-refractivity contribution in [1.29, 1.82) is 0 Å². The van der Waals surface area contributed by atoms with E-state index in [0.717, 1.165) is 0 Å². The minimum absolute atomic E-state index is 0.0371. The summed E-state index contributed by atoms with van der Waals surface area (Å²) in [5.74, 6) is 0.0703. The number of nitrogens with one attached hydrogen (secondary N) is 1. The van der Waals surface area contributed by atoms with E-state index >= 15 is 0 Å². The Balaban J connectivity index is 2.43. The Morgan fingerprint density at radius 2 is 2.00 bits per heavy atom. The molecule has 2 rings (SSSR count). The predicted molar refractivity (Wildman–Crippen MR) is 86.9 cm³/mol. The molecule has 20 heavy (non-hydrogen) atoms. The van der Waals surface area contributed by atoms with E-state index in [4.69, 9.17) is 11.6 Å². The molecule has 0 amide bonds. The van der Waals surface area contributed by atoms with Crippen molar-refractivity contribution in [1.82, 2.24) is 9.97 Å². The van der Waals surface area contributed by atoms with E-state index < -0.39 is 10.0 Å². The van der Waals surface area contributed by atoms with Crippen LogP contribution >= 0.6 is 56.1 Å². The van der Waals surface area contributed by atoms with Crippen LogP contribution in [0.25, 0.3) is 0 Å². The summed E-state index contributed by atoms with van der Waals surface area (Å²) in [6.07, 6.45) is 1.38. The lowest BCUT2D eigenvalue weighted by atomic mass is 10.4. The number of hydrogen-bond acceptors (Lipinski definition) is 5. The third-order valence-corrected chi connectivity index (χ3v) is 5.23. The molecular weight excluding hydrogens is 454 g/mol. The molecule has 0 atom stereocenters. The molecule has 0 bridgehead atoms. The fourth-order valence-corrected chi connectivity index (χ4v) is 4.22. The maximum Gasteiger partial charge on any atom is 0.264 e. The smallest absolute Gasteiger partial charge is 0.261 e. The lowest BCUT2D eigenvalue weighted by Crippen LogP contribution is -2.15. The van der Waals surface area contributed by atoms with Gasteiger partial charge in [-0.3, -0.25) is 4.72 Å². The zero-order valence-corrected chi connectivity index (χ0v) is 15.1. The molecule has 2 aromatic rings. The zero-order chi connectivity index (χ0) is 14.9. The van der Waals surface area contributed by atoms with Gasteiger partial charge in [-0.05, 0) is 50.1 Å². The Hall–Kier alpha value is -0.350. The summed E-state index contributed by atoms with van der Waals surface area (Å²) in [7, 11) is -3.86. The number of rotatable bonds is 3. The van der Waals surface area contributed by atoms with Gasteiger partial charge in [0.15, 0.2) is 10.4 Å². The molecule has 0 aliphatic heterocycles. The van der Waals surface area contributed by atoms with E-state index in [1.165, 1.54) is 18.3 Å². The number of halogens is 3. The standard InChI is InChI=1S/C10H6Br2ClN3O2S2/c11-8-4-14-10(9(12)15-8)16-20(17,18)7-3-5(13)1-2-6(7)19/h1-4,19H,(H,14,16). The number of sulfonamides is 1. The summed E-state index contributed by atoms with van der Waals surface area (Å²) < 4.78 is 27.6. The summed E-state index contributed by atoms with van der Waals surface area (Å²) in [6.45, 7) is 0. The SMILES string of the molecule is O=S(=O)(Nc1ncc(Br)nc1Br)c1cc(Cl)ccc1S. The fraction of sp³-hybridized carbons (Fsp3) is 0. The minimum atomic E-state index is -3.86. The van der Waals surface area contributed by atoms with Gasteiger partial charge in [0, 0.05) is 9.92 Å². The third-order valence-electron chi connectivity index (χ3n) is 2.14. The van der Waals surface area contributed by atoms with Gasteiger partial charge in [-0.1, -0.05) is 11.6 Å². The van der Waals surface area contributed by atoms with Gasteiger partial charge in [-0.15, -0.1) is 12.6 Å². The van der Waals surface area contributed by atoms with Gasteiger partial charge in [0.2, 0.25) is 0 Å². The van der Waals surface area contributed by atoms with Crippen LogP contribution in [-0.2, 0) is 10.0 Å². The second-order valence-electron chi connectivity index (χ2n) is 3.55. The summed E-state index contributed by atoms with van der Waals surface area (Å²) in [5.41, 5.74) is 0. The van der Waals surface area contributed by atoms with Crippen LogP contribution < -0.4 is 4.72 Å².